The highest BCUT2D eigenvalue weighted by Crippen LogP contribution is 2.10. The Hall–Kier alpha value is -0.450. The van der Waals surface area contributed by atoms with Crippen LogP contribution in [-0.4, -0.2) is 32.6 Å². The zero-order valence-corrected chi connectivity index (χ0v) is 10.8. The van der Waals surface area contributed by atoms with Crippen molar-refractivity contribution in [2.24, 2.45) is 5.92 Å². The van der Waals surface area contributed by atoms with Crippen LogP contribution in [0.15, 0.2) is 0 Å². The molecule has 0 aromatic heterocycles. The van der Waals surface area contributed by atoms with E-state index in [1.54, 1.807) is 14.0 Å². The van der Waals surface area contributed by atoms with Gasteiger partial charge in [-0.3, -0.25) is 0 Å². The summed E-state index contributed by atoms with van der Waals surface area (Å²) < 4.78 is 15.6. The first-order valence-electron chi connectivity index (χ1n) is 5.85. The van der Waals surface area contributed by atoms with Crippen LogP contribution >= 0.6 is 0 Å². The van der Waals surface area contributed by atoms with Crippen LogP contribution in [0.4, 0.5) is 0 Å². The van der Waals surface area contributed by atoms with Gasteiger partial charge in [0, 0.05) is 20.1 Å². The average molecular weight is 232 g/mol. The monoisotopic (exact) mass is 232 g/mol. The summed E-state index contributed by atoms with van der Waals surface area (Å²) in [5, 5.41) is 0. The predicted octanol–water partition coefficient (Wildman–Crippen LogP) is 2.36. The lowest BCUT2D eigenvalue weighted by Gasteiger charge is -2.18. The number of carbonyl (C=O) groups is 1. The summed E-state index contributed by atoms with van der Waals surface area (Å²) in [6, 6.07) is 0. The van der Waals surface area contributed by atoms with Crippen LogP contribution in [0, 0.1) is 5.92 Å². The van der Waals surface area contributed by atoms with Crippen molar-refractivity contribution in [3.05, 3.63) is 0 Å². The molecule has 4 heteroatoms. The maximum absolute atomic E-state index is 10.8. The lowest BCUT2D eigenvalue weighted by molar-refractivity contribution is -0.278. The van der Waals surface area contributed by atoms with E-state index in [9.17, 15) is 4.79 Å². The summed E-state index contributed by atoms with van der Waals surface area (Å²) in [5.41, 5.74) is 0. The number of methoxy groups -OCH3 is 1. The molecule has 0 rings (SSSR count). The second kappa shape index (κ2) is 9.75. The molecule has 0 bridgehead atoms. The molecular weight excluding hydrogens is 208 g/mol. The Morgan fingerprint density at radius 3 is 2.50 bits per heavy atom. The van der Waals surface area contributed by atoms with Gasteiger partial charge in [-0.15, -0.1) is 0 Å². The van der Waals surface area contributed by atoms with E-state index in [0.717, 1.165) is 12.8 Å². The van der Waals surface area contributed by atoms with Crippen molar-refractivity contribution in [2.75, 3.05) is 20.3 Å². The number of ketones is 1. The predicted molar refractivity (Wildman–Crippen MR) is 62.1 cm³/mol. The van der Waals surface area contributed by atoms with E-state index in [1.165, 1.54) is 0 Å². The molecule has 0 aliphatic heterocycles. The lowest BCUT2D eigenvalue weighted by atomic mass is 10.0. The third kappa shape index (κ3) is 8.83. The first-order chi connectivity index (χ1) is 7.60. The van der Waals surface area contributed by atoms with E-state index in [4.69, 9.17) is 14.2 Å². The number of carbonyl (C=O) groups excluding carboxylic acids is 1. The fraction of sp³-hybridized carbons (Fsp3) is 0.917. The molecule has 0 saturated carbocycles. The quantitative estimate of drug-likeness (QED) is 0.542. The highest BCUT2D eigenvalue weighted by Gasteiger charge is 2.09. The number of Topliss-reactive ketones (excluding diaryl/α,β-unsaturated/α-hetero) is 1. The normalized spacial score (nSPS) is 14.8. The minimum Gasteiger partial charge on any atom is -0.333 e. The molecule has 2 unspecified atom stereocenters. The van der Waals surface area contributed by atoms with Crippen molar-refractivity contribution in [2.45, 2.75) is 46.5 Å². The fourth-order valence-electron chi connectivity index (χ4n) is 1.35. The summed E-state index contributed by atoms with van der Waals surface area (Å²) in [6.45, 7) is 6.20. The fourth-order valence-corrected chi connectivity index (χ4v) is 1.35. The van der Waals surface area contributed by atoms with E-state index in [1.807, 2.05) is 6.92 Å². The van der Waals surface area contributed by atoms with E-state index in [-0.39, 0.29) is 5.78 Å². The maximum Gasteiger partial charge on any atom is 0.271 e. The van der Waals surface area contributed by atoms with Crippen molar-refractivity contribution in [1.29, 1.82) is 0 Å². The summed E-state index contributed by atoms with van der Waals surface area (Å²) in [4.78, 5) is 10.8. The minimum absolute atomic E-state index is 0.247. The first-order valence-corrected chi connectivity index (χ1v) is 5.85. The number of hydrogen-bond donors (Lipinski definition) is 0. The third-order valence-electron chi connectivity index (χ3n) is 2.24. The van der Waals surface area contributed by atoms with Crippen LogP contribution in [0.25, 0.3) is 0 Å². The molecule has 0 N–H and O–H groups in total. The van der Waals surface area contributed by atoms with Gasteiger partial charge in [-0.2, -0.15) is 0 Å². The van der Waals surface area contributed by atoms with E-state index < -0.39 is 6.48 Å². The van der Waals surface area contributed by atoms with Crippen LogP contribution in [0.1, 0.15) is 40.0 Å². The summed E-state index contributed by atoms with van der Waals surface area (Å²) >= 11 is 0. The highest BCUT2D eigenvalue weighted by molar-refractivity contribution is 5.75. The summed E-state index contributed by atoms with van der Waals surface area (Å²) in [7, 11) is 1.56. The molecule has 0 spiro atoms. The molecule has 4 nitrogen and oxygen atoms in total. The Morgan fingerprint density at radius 2 is 2.00 bits per heavy atom. The molecule has 0 aromatic carbocycles. The molecule has 0 aromatic rings. The van der Waals surface area contributed by atoms with Crippen LogP contribution in [-0.2, 0) is 19.0 Å². The first kappa shape index (κ1) is 15.6. The van der Waals surface area contributed by atoms with Crippen LogP contribution in [0.5, 0.6) is 0 Å². The van der Waals surface area contributed by atoms with Crippen molar-refractivity contribution in [3.8, 4) is 0 Å². The van der Waals surface area contributed by atoms with Crippen molar-refractivity contribution in [1.82, 2.24) is 0 Å². The number of ether oxygens (including phenoxy) is 3. The van der Waals surface area contributed by atoms with Gasteiger partial charge in [0.25, 0.3) is 6.48 Å². The number of hydrogen-bond acceptors (Lipinski definition) is 4. The zero-order valence-electron chi connectivity index (χ0n) is 10.8. The Kier molecular flexibility index (Phi) is 9.48. The minimum atomic E-state index is -0.569. The molecule has 0 aliphatic rings. The molecular formula is C12H24O4. The summed E-state index contributed by atoms with van der Waals surface area (Å²) in [6.07, 6.45) is 2.57. The standard InChI is InChI=1S/C12H24O4/c1-5-15-12(14-4)16-9-10(2)7-6-8-11(3)13/h10,12H,5-9H2,1-4H3. The Bertz CT molecular complexity index is 182. The van der Waals surface area contributed by atoms with Gasteiger partial charge in [-0.05, 0) is 32.6 Å². The van der Waals surface area contributed by atoms with Crippen molar-refractivity contribution < 1.29 is 19.0 Å². The molecule has 0 aliphatic carbocycles. The van der Waals surface area contributed by atoms with Gasteiger partial charge >= 0.3 is 0 Å². The SMILES string of the molecule is CCOC(OC)OCC(C)CCCC(C)=O. The topological polar surface area (TPSA) is 44.8 Å². The second-order valence-electron chi connectivity index (χ2n) is 4.01. The van der Waals surface area contributed by atoms with Gasteiger partial charge in [-0.1, -0.05) is 6.92 Å². The highest BCUT2D eigenvalue weighted by atomic mass is 16.8. The van der Waals surface area contributed by atoms with Gasteiger partial charge in [-0.25, -0.2) is 0 Å². The largest absolute Gasteiger partial charge is 0.333 e. The molecule has 2 atom stereocenters. The molecule has 0 radical (unpaired) electrons. The Morgan fingerprint density at radius 1 is 1.31 bits per heavy atom. The molecule has 0 heterocycles. The molecule has 0 saturated heterocycles. The van der Waals surface area contributed by atoms with Crippen molar-refractivity contribution in [3.63, 3.8) is 0 Å². The van der Waals surface area contributed by atoms with E-state index in [0.29, 0.717) is 25.6 Å². The van der Waals surface area contributed by atoms with Gasteiger partial charge < -0.3 is 19.0 Å². The Balaban J connectivity index is 3.54. The molecule has 0 amide bonds. The smallest absolute Gasteiger partial charge is 0.271 e. The van der Waals surface area contributed by atoms with E-state index in [2.05, 4.69) is 6.92 Å². The van der Waals surface area contributed by atoms with Crippen molar-refractivity contribution >= 4 is 5.78 Å². The van der Waals surface area contributed by atoms with Gasteiger partial charge in [0.15, 0.2) is 0 Å². The lowest BCUT2D eigenvalue weighted by Crippen LogP contribution is -2.22. The van der Waals surface area contributed by atoms with E-state index >= 15 is 0 Å². The van der Waals surface area contributed by atoms with Crippen LogP contribution in [0.3, 0.4) is 0 Å². The number of rotatable bonds is 10. The van der Waals surface area contributed by atoms with Gasteiger partial charge in [0.2, 0.25) is 0 Å². The zero-order chi connectivity index (χ0) is 12.4. The summed E-state index contributed by atoms with van der Waals surface area (Å²) in [5.74, 6) is 0.662. The Labute approximate surface area is 98.3 Å². The van der Waals surface area contributed by atoms with Crippen LogP contribution in [0.2, 0.25) is 0 Å². The average Bonchev–Trinajstić information content (AvgIpc) is 2.23. The van der Waals surface area contributed by atoms with Gasteiger partial charge in [0.05, 0.1) is 6.61 Å². The third-order valence-corrected chi connectivity index (χ3v) is 2.24. The molecule has 96 valence electrons. The van der Waals surface area contributed by atoms with Crippen LogP contribution < -0.4 is 0 Å². The van der Waals surface area contributed by atoms with Gasteiger partial charge in [0.1, 0.15) is 5.78 Å². The molecule has 0 fully saturated rings. The maximum atomic E-state index is 10.8. The second-order valence-corrected chi connectivity index (χ2v) is 4.01. The molecule has 16 heavy (non-hydrogen) atoms.